The van der Waals surface area contributed by atoms with E-state index >= 15 is 0 Å². The number of fused-ring (bicyclic) bond motifs is 2. The third kappa shape index (κ3) is 2.24. The molecule has 4 rings (SSSR count). The minimum atomic E-state index is -0.200. The van der Waals surface area contributed by atoms with Crippen LogP contribution in [0.5, 0.6) is 11.5 Å². The predicted octanol–water partition coefficient (Wildman–Crippen LogP) is 2.99. The highest BCUT2D eigenvalue weighted by Crippen LogP contribution is 2.42. The molecule has 2 aromatic carbocycles. The van der Waals surface area contributed by atoms with Gasteiger partial charge in [0.05, 0.1) is 11.4 Å². The second-order valence-electron chi connectivity index (χ2n) is 5.20. The summed E-state index contributed by atoms with van der Waals surface area (Å²) in [4.78, 5) is 2.22. The van der Waals surface area contributed by atoms with E-state index in [1.807, 2.05) is 18.2 Å². The van der Waals surface area contributed by atoms with E-state index in [-0.39, 0.29) is 12.6 Å². The van der Waals surface area contributed by atoms with Crippen molar-refractivity contribution in [2.45, 2.75) is 6.54 Å². The first-order valence-corrected chi connectivity index (χ1v) is 6.96. The molecule has 0 saturated carbocycles. The Balaban J connectivity index is 1.67. The third-order valence-corrected chi connectivity index (χ3v) is 3.79. The molecule has 0 fully saturated rings. The van der Waals surface area contributed by atoms with Gasteiger partial charge in [-0.3, -0.25) is 0 Å². The number of nitrogens with one attached hydrogen (secondary N) is 1. The maximum Gasteiger partial charge on any atom is 0.231 e. The summed E-state index contributed by atoms with van der Waals surface area (Å²) in [6, 6.07) is 10.7. The molecule has 0 aromatic heterocycles. The molecular weight excluding hydrogens is 271 g/mol. The van der Waals surface area contributed by atoms with Gasteiger partial charge in [0.15, 0.2) is 11.5 Å². The van der Waals surface area contributed by atoms with Crippen molar-refractivity contribution < 1.29 is 13.9 Å². The van der Waals surface area contributed by atoms with Crippen LogP contribution in [-0.4, -0.2) is 19.9 Å². The Labute approximate surface area is 122 Å². The number of halogens is 1. The van der Waals surface area contributed by atoms with Gasteiger partial charge in [-0.1, -0.05) is 12.1 Å². The number of anilines is 2. The lowest BCUT2D eigenvalue weighted by atomic mass is 10.1. The van der Waals surface area contributed by atoms with Crippen LogP contribution < -0.4 is 19.7 Å². The SMILES string of the molecule is Fc1cccc(CN2CCNc3cc4c(cc32)OCO4)c1. The standard InChI is InChI=1S/C16H15FN2O2/c17-12-3-1-2-11(6-12)9-19-5-4-18-13-7-15-16(8-14(13)19)21-10-20-15/h1-3,6-8,18H,4-5,9-10H2. The van der Waals surface area contributed by atoms with E-state index in [9.17, 15) is 4.39 Å². The van der Waals surface area contributed by atoms with Crippen LogP contribution in [0.15, 0.2) is 36.4 Å². The van der Waals surface area contributed by atoms with Crippen LogP contribution in [0.4, 0.5) is 15.8 Å². The molecule has 0 atom stereocenters. The number of nitrogens with zero attached hydrogens (tertiary/aromatic N) is 1. The van der Waals surface area contributed by atoms with E-state index in [1.165, 1.54) is 6.07 Å². The van der Waals surface area contributed by atoms with Gasteiger partial charge in [-0.2, -0.15) is 0 Å². The van der Waals surface area contributed by atoms with Crippen molar-refractivity contribution in [3.63, 3.8) is 0 Å². The molecule has 0 amide bonds. The molecular formula is C16H15FN2O2. The smallest absolute Gasteiger partial charge is 0.231 e. The lowest BCUT2D eigenvalue weighted by Crippen LogP contribution is -2.33. The van der Waals surface area contributed by atoms with E-state index in [4.69, 9.17) is 9.47 Å². The molecule has 21 heavy (non-hydrogen) atoms. The molecule has 0 unspecified atom stereocenters. The minimum absolute atomic E-state index is 0.200. The molecule has 0 radical (unpaired) electrons. The monoisotopic (exact) mass is 286 g/mol. The van der Waals surface area contributed by atoms with Crippen molar-refractivity contribution in [1.29, 1.82) is 0 Å². The van der Waals surface area contributed by atoms with Gasteiger partial charge in [0.25, 0.3) is 0 Å². The van der Waals surface area contributed by atoms with Gasteiger partial charge >= 0.3 is 0 Å². The van der Waals surface area contributed by atoms with Gasteiger partial charge in [0.1, 0.15) is 5.82 Å². The number of hydrogen-bond donors (Lipinski definition) is 1. The largest absolute Gasteiger partial charge is 0.454 e. The summed E-state index contributed by atoms with van der Waals surface area (Å²) in [5.74, 6) is 1.34. The molecule has 2 heterocycles. The summed E-state index contributed by atoms with van der Waals surface area (Å²) in [6.45, 7) is 2.65. The second kappa shape index (κ2) is 4.84. The lowest BCUT2D eigenvalue weighted by Gasteiger charge is -2.32. The zero-order chi connectivity index (χ0) is 14.2. The van der Waals surface area contributed by atoms with E-state index in [0.717, 1.165) is 41.5 Å². The Morgan fingerprint density at radius 1 is 1.14 bits per heavy atom. The van der Waals surface area contributed by atoms with Gasteiger partial charge in [0.2, 0.25) is 6.79 Å². The summed E-state index contributed by atoms with van der Waals surface area (Å²) >= 11 is 0. The highest BCUT2D eigenvalue weighted by molar-refractivity contribution is 5.77. The van der Waals surface area contributed by atoms with Crippen LogP contribution in [0.1, 0.15) is 5.56 Å². The summed E-state index contributed by atoms with van der Waals surface area (Å²) < 4.78 is 24.2. The average Bonchev–Trinajstić information content (AvgIpc) is 2.93. The molecule has 2 aliphatic heterocycles. The van der Waals surface area contributed by atoms with Crippen LogP contribution in [0.2, 0.25) is 0 Å². The minimum Gasteiger partial charge on any atom is -0.454 e. The topological polar surface area (TPSA) is 33.7 Å². The number of rotatable bonds is 2. The molecule has 1 N–H and O–H groups in total. The van der Waals surface area contributed by atoms with E-state index < -0.39 is 0 Å². The summed E-state index contributed by atoms with van der Waals surface area (Å²) in [5, 5.41) is 3.37. The fourth-order valence-electron chi connectivity index (χ4n) is 2.80. The molecule has 0 saturated heterocycles. The molecule has 2 aliphatic rings. The molecule has 0 spiro atoms. The average molecular weight is 286 g/mol. The van der Waals surface area contributed by atoms with Crippen molar-refractivity contribution in [2.75, 3.05) is 30.1 Å². The van der Waals surface area contributed by atoms with E-state index in [2.05, 4.69) is 10.2 Å². The van der Waals surface area contributed by atoms with Crippen molar-refractivity contribution in [2.24, 2.45) is 0 Å². The summed E-state index contributed by atoms with van der Waals surface area (Å²) in [5.41, 5.74) is 3.05. The van der Waals surface area contributed by atoms with Crippen molar-refractivity contribution in [3.05, 3.63) is 47.8 Å². The van der Waals surface area contributed by atoms with Crippen LogP contribution in [0.3, 0.4) is 0 Å². The zero-order valence-electron chi connectivity index (χ0n) is 11.4. The Bertz CT molecular complexity index is 690. The molecule has 0 bridgehead atoms. The Kier molecular flexibility index (Phi) is 2.84. The van der Waals surface area contributed by atoms with Crippen molar-refractivity contribution >= 4 is 11.4 Å². The van der Waals surface area contributed by atoms with E-state index in [0.29, 0.717) is 6.54 Å². The number of benzene rings is 2. The first-order valence-electron chi connectivity index (χ1n) is 6.96. The van der Waals surface area contributed by atoms with Crippen molar-refractivity contribution in [1.82, 2.24) is 0 Å². The van der Waals surface area contributed by atoms with Gasteiger partial charge < -0.3 is 19.7 Å². The Morgan fingerprint density at radius 2 is 2.00 bits per heavy atom. The summed E-state index contributed by atoms with van der Waals surface area (Å²) in [7, 11) is 0. The normalized spacial score (nSPS) is 15.6. The molecule has 0 aliphatic carbocycles. The lowest BCUT2D eigenvalue weighted by molar-refractivity contribution is 0.174. The number of hydrogen-bond acceptors (Lipinski definition) is 4. The highest BCUT2D eigenvalue weighted by atomic mass is 19.1. The second-order valence-corrected chi connectivity index (χ2v) is 5.20. The first-order chi connectivity index (χ1) is 10.3. The fourth-order valence-corrected chi connectivity index (χ4v) is 2.80. The third-order valence-electron chi connectivity index (χ3n) is 3.79. The summed E-state index contributed by atoms with van der Waals surface area (Å²) in [6.07, 6.45) is 0. The predicted molar refractivity (Wildman–Crippen MR) is 78.5 cm³/mol. The van der Waals surface area contributed by atoms with Gasteiger partial charge in [-0.25, -0.2) is 4.39 Å². The maximum atomic E-state index is 13.3. The highest BCUT2D eigenvalue weighted by Gasteiger charge is 2.23. The van der Waals surface area contributed by atoms with Gasteiger partial charge in [-0.05, 0) is 17.7 Å². The van der Waals surface area contributed by atoms with Crippen LogP contribution >= 0.6 is 0 Å². The van der Waals surface area contributed by atoms with Gasteiger partial charge in [0, 0.05) is 31.8 Å². The molecule has 5 heteroatoms. The number of ether oxygens (including phenoxy) is 2. The fraction of sp³-hybridized carbons (Fsp3) is 0.250. The van der Waals surface area contributed by atoms with Crippen LogP contribution in [0.25, 0.3) is 0 Å². The molecule has 4 nitrogen and oxygen atoms in total. The van der Waals surface area contributed by atoms with Crippen LogP contribution in [-0.2, 0) is 6.54 Å². The quantitative estimate of drug-likeness (QED) is 0.920. The molecule has 108 valence electrons. The maximum absolute atomic E-state index is 13.3. The Morgan fingerprint density at radius 3 is 2.86 bits per heavy atom. The van der Waals surface area contributed by atoms with Gasteiger partial charge in [-0.15, -0.1) is 0 Å². The zero-order valence-corrected chi connectivity index (χ0v) is 11.4. The Hall–Kier alpha value is -2.43. The first kappa shape index (κ1) is 12.3. The molecule has 2 aromatic rings. The van der Waals surface area contributed by atoms with Crippen molar-refractivity contribution in [3.8, 4) is 11.5 Å². The van der Waals surface area contributed by atoms with Crippen LogP contribution in [0, 0.1) is 5.82 Å². The van der Waals surface area contributed by atoms with E-state index in [1.54, 1.807) is 12.1 Å².